The third-order valence-corrected chi connectivity index (χ3v) is 4.75. The molecule has 0 unspecified atom stereocenters. The van der Waals surface area contributed by atoms with Gasteiger partial charge in [0.25, 0.3) is 0 Å². The molecule has 0 atom stereocenters. The number of hydrogen-bond donors (Lipinski definition) is 1. The molecule has 0 aliphatic carbocycles. The molecule has 0 saturated carbocycles. The normalized spacial score (nSPS) is 18.1. The van der Waals surface area contributed by atoms with E-state index in [1.54, 1.807) is 13.8 Å². The molecule has 14 heavy (non-hydrogen) atoms. The smallest absolute Gasteiger partial charge is 0.154 e. The number of nitrogens with one attached hydrogen (secondary N) is 1. The lowest BCUT2D eigenvalue weighted by molar-refractivity contribution is 0.546. The van der Waals surface area contributed by atoms with Crippen LogP contribution in [0.4, 0.5) is 0 Å². The Morgan fingerprint density at radius 2 is 2.14 bits per heavy atom. The number of nitrogens with zero attached hydrogens (tertiary/aromatic N) is 1. The minimum absolute atomic E-state index is 0.435. The van der Waals surface area contributed by atoms with Crippen molar-refractivity contribution in [2.45, 2.75) is 31.4 Å². The predicted octanol–water partition coefficient (Wildman–Crippen LogP) is 0.592. The van der Waals surface area contributed by atoms with Crippen molar-refractivity contribution >= 4 is 15.7 Å². The van der Waals surface area contributed by atoms with Gasteiger partial charge in [0.1, 0.15) is 0 Å². The van der Waals surface area contributed by atoms with Gasteiger partial charge in [-0.3, -0.25) is 4.99 Å². The number of rotatable bonds is 3. The van der Waals surface area contributed by atoms with E-state index in [1.165, 1.54) is 6.26 Å². The zero-order valence-electron chi connectivity index (χ0n) is 9.00. The van der Waals surface area contributed by atoms with Crippen LogP contribution in [0.3, 0.4) is 0 Å². The quantitative estimate of drug-likeness (QED) is 0.754. The Kier molecular flexibility index (Phi) is 3.19. The van der Waals surface area contributed by atoms with Crippen molar-refractivity contribution in [2.75, 3.05) is 19.3 Å². The summed E-state index contributed by atoms with van der Waals surface area (Å²) in [7, 11) is -3.01. The van der Waals surface area contributed by atoms with E-state index >= 15 is 0 Å². The minimum Gasteiger partial charge on any atom is -0.372 e. The predicted molar refractivity (Wildman–Crippen MR) is 58.5 cm³/mol. The molecule has 4 nitrogen and oxygen atoms in total. The van der Waals surface area contributed by atoms with Gasteiger partial charge in [-0.05, 0) is 20.3 Å². The largest absolute Gasteiger partial charge is 0.372 e. The van der Waals surface area contributed by atoms with Gasteiger partial charge in [0.05, 0.1) is 10.6 Å². The summed E-state index contributed by atoms with van der Waals surface area (Å²) in [6.45, 7) is 4.75. The summed E-state index contributed by atoms with van der Waals surface area (Å²) >= 11 is 0. The second-order valence-electron chi connectivity index (χ2n) is 4.32. The van der Waals surface area contributed by atoms with E-state index < -0.39 is 14.6 Å². The van der Waals surface area contributed by atoms with Crippen LogP contribution in [-0.2, 0) is 9.84 Å². The molecule has 1 aliphatic heterocycles. The molecule has 1 rings (SSSR count). The third-order valence-electron chi connectivity index (χ3n) is 2.60. The maximum atomic E-state index is 11.4. The van der Waals surface area contributed by atoms with Crippen LogP contribution >= 0.6 is 0 Å². The first-order chi connectivity index (χ1) is 6.33. The Hall–Kier alpha value is -0.580. The van der Waals surface area contributed by atoms with Crippen molar-refractivity contribution in [3.8, 4) is 0 Å². The third kappa shape index (κ3) is 2.70. The van der Waals surface area contributed by atoms with Crippen LogP contribution in [0.2, 0.25) is 0 Å². The van der Waals surface area contributed by atoms with Gasteiger partial charge in [-0.1, -0.05) is 0 Å². The molecule has 1 aliphatic rings. The van der Waals surface area contributed by atoms with Crippen LogP contribution in [0, 0.1) is 0 Å². The van der Waals surface area contributed by atoms with Gasteiger partial charge in [-0.15, -0.1) is 0 Å². The van der Waals surface area contributed by atoms with Crippen LogP contribution in [0.15, 0.2) is 4.99 Å². The first-order valence-electron chi connectivity index (χ1n) is 4.80. The fraction of sp³-hybridized carbons (Fsp3) is 0.889. The highest BCUT2D eigenvalue weighted by Gasteiger charge is 2.30. The van der Waals surface area contributed by atoms with Crippen molar-refractivity contribution in [2.24, 2.45) is 4.99 Å². The molecule has 1 heterocycles. The molecule has 1 N–H and O–H groups in total. The summed E-state index contributed by atoms with van der Waals surface area (Å²) in [5, 5.41) is 3.10. The topological polar surface area (TPSA) is 58.5 Å². The highest BCUT2D eigenvalue weighted by Crippen LogP contribution is 2.14. The van der Waals surface area contributed by atoms with E-state index in [9.17, 15) is 8.42 Å². The van der Waals surface area contributed by atoms with E-state index in [0.29, 0.717) is 6.54 Å². The van der Waals surface area contributed by atoms with Crippen LogP contribution < -0.4 is 5.32 Å². The fourth-order valence-electron chi connectivity index (χ4n) is 1.13. The van der Waals surface area contributed by atoms with Gasteiger partial charge in [-0.2, -0.15) is 0 Å². The summed E-state index contributed by atoms with van der Waals surface area (Å²) in [4.78, 5) is 4.23. The Balaban J connectivity index is 2.52. The van der Waals surface area contributed by atoms with Crippen molar-refractivity contribution in [3.05, 3.63) is 0 Å². The van der Waals surface area contributed by atoms with E-state index in [1.807, 2.05) is 0 Å². The van der Waals surface area contributed by atoms with Gasteiger partial charge in [0.15, 0.2) is 9.84 Å². The maximum absolute atomic E-state index is 11.4. The fourth-order valence-corrected chi connectivity index (χ4v) is 1.46. The Labute approximate surface area is 85.7 Å². The van der Waals surface area contributed by atoms with Crippen LogP contribution in [0.1, 0.15) is 26.7 Å². The van der Waals surface area contributed by atoms with Gasteiger partial charge < -0.3 is 5.32 Å². The number of sulfone groups is 1. The molecular formula is C9H18N2O2S. The van der Waals surface area contributed by atoms with E-state index in [4.69, 9.17) is 0 Å². The molecule has 0 fully saturated rings. The van der Waals surface area contributed by atoms with Crippen LogP contribution in [0.5, 0.6) is 0 Å². The highest BCUT2D eigenvalue weighted by molar-refractivity contribution is 7.92. The Bertz CT molecular complexity index is 331. The highest BCUT2D eigenvalue weighted by atomic mass is 32.2. The Morgan fingerprint density at radius 3 is 2.57 bits per heavy atom. The van der Waals surface area contributed by atoms with Crippen LogP contribution in [0.25, 0.3) is 0 Å². The molecular weight excluding hydrogens is 200 g/mol. The van der Waals surface area contributed by atoms with E-state index in [0.717, 1.165) is 25.2 Å². The average Bonchev–Trinajstić information content (AvgIpc) is 2.50. The average molecular weight is 218 g/mol. The van der Waals surface area contributed by atoms with Crippen molar-refractivity contribution in [3.63, 3.8) is 0 Å². The molecule has 0 aromatic heterocycles. The summed E-state index contributed by atoms with van der Waals surface area (Å²) in [5.41, 5.74) is 0. The molecule has 0 aromatic carbocycles. The molecule has 0 saturated heterocycles. The molecule has 0 bridgehead atoms. The first kappa shape index (κ1) is 11.5. The number of amidine groups is 1. The summed E-state index contributed by atoms with van der Waals surface area (Å²) in [6.07, 6.45) is 3.28. The van der Waals surface area contributed by atoms with E-state index in [-0.39, 0.29) is 0 Å². The van der Waals surface area contributed by atoms with Gasteiger partial charge in [0.2, 0.25) is 0 Å². The second kappa shape index (κ2) is 3.88. The monoisotopic (exact) mass is 218 g/mol. The summed E-state index contributed by atoms with van der Waals surface area (Å²) in [5.74, 6) is 0.946. The van der Waals surface area contributed by atoms with Gasteiger partial charge >= 0.3 is 0 Å². The number of aliphatic imine (C=N–C) groups is 1. The lowest BCUT2D eigenvalue weighted by atomic mass is 10.2. The zero-order chi connectivity index (χ0) is 10.8. The van der Waals surface area contributed by atoms with Gasteiger partial charge in [-0.25, -0.2) is 8.42 Å². The lowest BCUT2D eigenvalue weighted by Crippen LogP contribution is -2.43. The Morgan fingerprint density at radius 1 is 1.50 bits per heavy atom. The van der Waals surface area contributed by atoms with Crippen molar-refractivity contribution < 1.29 is 8.42 Å². The standard InChI is InChI=1S/C9H18N2O2S/c1-9(2,14(3,12)13)7-11-8-5-4-6-10-8/h4-7H2,1-3H3,(H,10,11). The number of hydrogen-bond acceptors (Lipinski definition) is 4. The molecule has 0 radical (unpaired) electrons. The summed E-state index contributed by atoms with van der Waals surface area (Å²) < 4.78 is 22.0. The lowest BCUT2D eigenvalue weighted by Gasteiger charge is -2.23. The van der Waals surface area contributed by atoms with Gasteiger partial charge in [0, 0.05) is 25.8 Å². The van der Waals surface area contributed by atoms with E-state index in [2.05, 4.69) is 10.3 Å². The summed E-state index contributed by atoms with van der Waals surface area (Å²) in [6, 6.07) is 0. The minimum atomic E-state index is -3.01. The second-order valence-corrected chi connectivity index (χ2v) is 6.97. The molecule has 0 spiro atoms. The zero-order valence-corrected chi connectivity index (χ0v) is 9.82. The first-order valence-corrected chi connectivity index (χ1v) is 6.69. The molecule has 0 amide bonds. The van der Waals surface area contributed by atoms with Crippen molar-refractivity contribution in [1.82, 2.24) is 5.32 Å². The molecule has 5 heteroatoms. The van der Waals surface area contributed by atoms with Crippen LogP contribution in [-0.4, -0.2) is 38.3 Å². The SMILES string of the molecule is CC(C)(CNC1=NCCC1)S(C)(=O)=O. The maximum Gasteiger partial charge on any atom is 0.154 e. The van der Waals surface area contributed by atoms with Crippen molar-refractivity contribution in [1.29, 1.82) is 0 Å². The molecule has 82 valence electrons. The molecule has 0 aromatic rings.